The maximum atomic E-state index is 8.74. The number of rotatable bonds is 12. The van der Waals surface area contributed by atoms with Crippen LogP contribution in [0.15, 0.2) is 0 Å². The van der Waals surface area contributed by atoms with E-state index in [-0.39, 0.29) is 0 Å². The molecule has 0 aliphatic rings. The molecule has 144 valence electrons. The summed E-state index contributed by atoms with van der Waals surface area (Å²) < 4.78 is 31.6. The monoisotopic (exact) mass is 390 g/mol. The highest BCUT2D eigenvalue weighted by atomic mass is 32.3. The SMILES string of the molecule is CCCCCCCCS.CCCCCCCCS.O=S(=O)(O)O. The first-order valence-corrected chi connectivity index (χ1v) is 11.4. The van der Waals surface area contributed by atoms with Gasteiger partial charge in [-0.25, -0.2) is 0 Å². The largest absolute Gasteiger partial charge is 0.394 e. The summed E-state index contributed by atoms with van der Waals surface area (Å²) >= 11 is 8.29. The molecule has 7 heteroatoms. The molecule has 0 amide bonds. The molecule has 0 rings (SSSR count). The molecule has 23 heavy (non-hydrogen) atoms. The molecule has 0 fully saturated rings. The number of unbranched alkanes of at least 4 members (excludes halogenated alkanes) is 10. The second-order valence-electron chi connectivity index (χ2n) is 5.43. The van der Waals surface area contributed by atoms with Gasteiger partial charge in [-0.15, -0.1) is 0 Å². The van der Waals surface area contributed by atoms with Gasteiger partial charge in [0.15, 0.2) is 0 Å². The normalized spacial score (nSPS) is 10.3. The fraction of sp³-hybridized carbons (Fsp3) is 1.00. The Morgan fingerprint density at radius 3 is 1.04 bits per heavy atom. The Hall–Kier alpha value is 0.570. The van der Waals surface area contributed by atoms with Crippen LogP contribution < -0.4 is 0 Å². The molecule has 0 saturated heterocycles. The number of hydrogen-bond donors (Lipinski definition) is 4. The summed E-state index contributed by atoms with van der Waals surface area (Å²) in [5, 5.41) is 0. The van der Waals surface area contributed by atoms with Crippen molar-refractivity contribution in [3.8, 4) is 0 Å². The van der Waals surface area contributed by atoms with E-state index in [1.807, 2.05) is 0 Å². The molecular weight excluding hydrogens is 352 g/mol. The van der Waals surface area contributed by atoms with Crippen LogP contribution in [0.3, 0.4) is 0 Å². The van der Waals surface area contributed by atoms with Crippen molar-refractivity contribution in [2.24, 2.45) is 0 Å². The predicted octanol–water partition coefficient (Wildman–Crippen LogP) is 5.90. The highest BCUT2D eigenvalue weighted by Crippen LogP contribution is 2.05. The Bertz CT molecular complexity index is 249. The summed E-state index contributed by atoms with van der Waals surface area (Å²) in [6.07, 6.45) is 16.5. The van der Waals surface area contributed by atoms with Gasteiger partial charge in [-0.1, -0.05) is 78.1 Å². The van der Waals surface area contributed by atoms with Gasteiger partial charge in [-0.05, 0) is 24.3 Å². The summed E-state index contributed by atoms with van der Waals surface area (Å²) in [6, 6.07) is 0. The number of hydrogen-bond acceptors (Lipinski definition) is 4. The molecular formula is C16H38O4S3. The zero-order valence-corrected chi connectivity index (χ0v) is 17.5. The van der Waals surface area contributed by atoms with Crippen LogP contribution in [0.1, 0.15) is 90.9 Å². The summed E-state index contributed by atoms with van der Waals surface area (Å²) in [6.45, 7) is 4.50. The molecule has 0 unspecified atom stereocenters. The van der Waals surface area contributed by atoms with Crippen molar-refractivity contribution in [1.29, 1.82) is 0 Å². The van der Waals surface area contributed by atoms with Gasteiger partial charge in [0, 0.05) is 0 Å². The topological polar surface area (TPSA) is 74.6 Å². The van der Waals surface area contributed by atoms with Crippen molar-refractivity contribution in [3.05, 3.63) is 0 Å². The zero-order valence-electron chi connectivity index (χ0n) is 14.9. The predicted molar refractivity (Wildman–Crippen MR) is 109 cm³/mol. The Morgan fingerprint density at radius 1 is 0.609 bits per heavy atom. The van der Waals surface area contributed by atoms with Crippen LogP contribution in [-0.4, -0.2) is 29.0 Å². The van der Waals surface area contributed by atoms with E-state index in [2.05, 4.69) is 39.1 Å². The summed E-state index contributed by atoms with van der Waals surface area (Å²) in [5.41, 5.74) is 0. The minimum Gasteiger partial charge on any atom is -0.264 e. The quantitative estimate of drug-likeness (QED) is 0.190. The van der Waals surface area contributed by atoms with Gasteiger partial charge in [-0.3, -0.25) is 9.11 Å². The van der Waals surface area contributed by atoms with Gasteiger partial charge in [0.1, 0.15) is 0 Å². The third-order valence-electron chi connectivity index (χ3n) is 3.02. The van der Waals surface area contributed by atoms with Gasteiger partial charge in [0.25, 0.3) is 0 Å². The van der Waals surface area contributed by atoms with Crippen molar-refractivity contribution in [2.75, 3.05) is 11.5 Å². The lowest BCUT2D eigenvalue weighted by atomic mass is 10.1. The third-order valence-corrected chi connectivity index (χ3v) is 3.66. The molecule has 0 atom stereocenters. The highest BCUT2D eigenvalue weighted by Gasteiger charge is 1.87. The van der Waals surface area contributed by atoms with Crippen LogP contribution in [0.25, 0.3) is 0 Å². The Morgan fingerprint density at radius 2 is 0.826 bits per heavy atom. The molecule has 0 bridgehead atoms. The summed E-state index contributed by atoms with van der Waals surface area (Å²) in [7, 11) is -4.67. The first-order valence-electron chi connectivity index (χ1n) is 8.75. The minimum atomic E-state index is -4.67. The number of thiol groups is 2. The van der Waals surface area contributed by atoms with E-state index in [9.17, 15) is 0 Å². The average Bonchev–Trinajstić information content (AvgIpc) is 2.46. The van der Waals surface area contributed by atoms with Crippen molar-refractivity contribution in [2.45, 2.75) is 90.9 Å². The fourth-order valence-electron chi connectivity index (χ4n) is 1.78. The van der Waals surface area contributed by atoms with E-state index in [4.69, 9.17) is 17.5 Å². The van der Waals surface area contributed by atoms with Gasteiger partial charge in [0.2, 0.25) is 0 Å². The van der Waals surface area contributed by atoms with E-state index in [1.165, 1.54) is 77.0 Å². The molecule has 0 aromatic rings. The Balaban J connectivity index is -0.000000273. The highest BCUT2D eigenvalue weighted by molar-refractivity contribution is 7.80. The van der Waals surface area contributed by atoms with Crippen molar-refractivity contribution < 1.29 is 17.5 Å². The molecule has 0 aromatic carbocycles. The lowest BCUT2D eigenvalue weighted by molar-refractivity contribution is 0.381. The third kappa shape index (κ3) is 60.4. The van der Waals surface area contributed by atoms with Crippen molar-refractivity contribution in [1.82, 2.24) is 0 Å². The molecule has 2 N–H and O–H groups in total. The van der Waals surface area contributed by atoms with Crippen LogP contribution in [0, 0.1) is 0 Å². The molecule has 0 aromatic heterocycles. The van der Waals surface area contributed by atoms with Crippen LogP contribution >= 0.6 is 25.3 Å². The molecule has 0 radical (unpaired) electrons. The lowest BCUT2D eigenvalue weighted by Gasteiger charge is -1.95. The van der Waals surface area contributed by atoms with E-state index in [0.717, 1.165) is 11.5 Å². The maximum Gasteiger partial charge on any atom is 0.394 e. The summed E-state index contributed by atoms with van der Waals surface area (Å²) in [4.78, 5) is 0. The molecule has 0 aliphatic heterocycles. The van der Waals surface area contributed by atoms with Crippen LogP contribution in [0.5, 0.6) is 0 Å². The van der Waals surface area contributed by atoms with E-state index in [1.54, 1.807) is 0 Å². The van der Waals surface area contributed by atoms with Crippen LogP contribution in [0.2, 0.25) is 0 Å². The van der Waals surface area contributed by atoms with Gasteiger partial charge in [-0.2, -0.15) is 33.7 Å². The first-order chi connectivity index (χ1) is 10.8. The van der Waals surface area contributed by atoms with Crippen LogP contribution in [-0.2, 0) is 10.4 Å². The van der Waals surface area contributed by atoms with Crippen molar-refractivity contribution >= 4 is 35.7 Å². The minimum absolute atomic E-state index is 1.06. The Labute approximate surface area is 155 Å². The fourth-order valence-corrected chi connectivity index (χ4v) is 2.23. The van der Waals surface area contributed by atoms with E-state index < -0.39 is 10.4 Å². The first kappa shape index (κ1) is 28.4. The van der Waals surface area contributed by atoms with E-state index >= 15 is 0 Å². The molecule has 0 saturated carbocycles. The molecule has 4 nitrogen and oxygen atoms in total. The second kappa shape index (κ2) is 24.8. The molecule has 0 heterocycles. The van der Waals surface area contributed by atoms with Crippen LogP contribution in [0.4, 0.5) is 0 Å². The standard InChI is InChI=1S/2C8H18S.H2O4S/c2*1-2-3-4-5-6-7-8-9;1-5(2,3)4/h2*9H,2-8H2,1H3;(H2,1,2,3,4). The van der Waals surface area contributed by atoms with E-state index in [0.29, 0.717) is 0 Å². The Kier molecular flexibility index (Phi) is 30.6. The lowest BCUT2D eigenvalue weighted by Crippen LogP contribution is -1.89. The molecule has 0 spiro atoms. The second-order valence-corrected chi connectivity index (χ2v) is 7.22. The smallest absolute Gasteiger partial charge is 0.264 e. The average molecular weight is 391 g/mol. The summed E-state index contributed by atoms with van der Waals surface area (Å²) in [5.74, 6) is 2.12. The maximum absolute atomic E-state index is 8.74. The van der Waals surface area contributed by atoms with Gasteiger partial charge < -0.3 is 0 Å². The van der Waals surface area contributed by atoms with Gasteiger partial charge in [0.05, 0.1) is 0 Å². The van der Waals surface area contributed by atoms with Gasteiger partial charge >= 0.3 is 10.4 Å². The zero-order chi connectivity index (χ0) is 18.4. The molecule has 0 aliphatic carbocycles. The van der Waals surface area contributed by atoms with Crippen molar-refractivity contribution in [3.63, 3.8) is 0 Å².